The summed E-state index contributed by atoms with van der Waals surface area (Å²) in [6, 6.07) is 0. The van der Waals surface area contributed by atoms with E-state index in [-0.39, 0.29) is 21.9 Å². The third-order valence-corrected chi connectivity index (χ3v) is 13.4. The van der Waals surface area contributed by atoms with E-state index in [9.17, 15) is 10.2 Å². The van der Waals surface area contributed by atoms with E-state index in [4.69, 9.17) is 0 Å². The van der Waals surface area contributed by atoms with Gasteiger partial charge in [-0.15, -0.1) is 12.2 Å². The number of hydrogen-bond donors (Lipinski definition) is 0. The van der Waals surface area contributed by atoms with Gasteiger partial charge < -0.3 is 20.0 Å². The van der Waals surface area contributed by atoms with Crippen molar-refractivity contribution in [2.75, 3.05) is 23.9 Å². The van der Waals surface area contributed by atoms with Gasteiger partial charge in [0, 0.05) is 47.4 Å². The number of nitrogens with zero attached hydrogens (tertiary/aromatic N) is 2. The number of likely N-dealkylation sites (N-methyl/N-ethyl adjacent to an activating group) is 2. The monoisotopic (exact) mass is 544 g/mol. The maximum Gasteiger partial charge on any atom is 0.0442 e. The molecule has 0 atom stereocenters. The first kappa shape index (κ1) is 29.5. The summed E-state index contributed by atoms with van der Waals surface area (Å²) >= 11 is 0. The molecule has 2 heterocycles. The topological polar surface area (TPSA) is 52.6 Å². The van der Waals surface area contributed by atoms with Gasteiger partial charge in [-0.1, -0.05) is 27.7 Å². The summed E-state index contributed by atoms with van der Waals surface area (Å²) in [5, 5.41) is 28.7. The van der Waals surface area contributed by atoms with E-state index >= 15 is 0 Å². The summed E-state index contributed by atoms with van der Waals surface area (Å²) in [7, 11) is 4.38. The largest absolute Gasteiger partial charge is 0.851 e. The van der Waals surface area contributed by atoms with Crippen LogP contribution in [-0.2, 0) is 10.8 Å². The van der Waals surface area contributed by atoms with Crippen LogP contribution in [0, 0.1) is 41.5 Å². The van der Waals surface area contributed by atoms with Crippen LogP contribution in [0.15, 0.2) is 0 Å². The van der Waals surface area contributed by atoms with Crippen LogP contribution in [0.2, 0.25) is 0 Å². The zero-order valence-corrected chi connectivity index (χ0v) is 28.0. The molecular weight excluding hydrogens is 492 g/mol. The Morgan fingerprint density at radius 1 is 0.475 bits per heavy atom. The molecule has 2 aromatic carbocycles. The lowest BCUT2D eigenvalue weighted by Crippen LogP contribution is -2.64. The van der Waals surface area contributed by atoms with Crippen LogP contribution < -0.4 is 20.0 Å². The highest BCUT2D eigenvalue weighted by molar-refractivity contribution is 5.77. The van der Waals surface area contributed by atoms with Crippen molar-refractivity contribution < 1.29 is 10.2 Å². The van der Waals surface area contributed by atoms with Crippen LogP contribution in [0.4, 0.5) is 11.4 Å². The van der Waals surface area contributed by atoms with Crippen LogP contribution in [0.3, 0.4) is 0 Å². The first-order valence-corrected chi connectivity index (χ1v) is 15.2. The van der Waals surface area contributed by atoms with E-state index in [2.05, 4.69) is 121 Å². The molecule has 0 spiro atoms. The molecule has 220 valence electrons. The molecule has 1 saturated carbocycles. The first-order chi connectivity index (χ1) is 18.1. The molecule has 0 saturated heterocycles. The molecule has 4 heteroatoms. The Morgan fingerprint density at radius 3 is 1.02 bits per heavy atom. The lowest BCUT2D eigenvalue weighted by molar-refractivity contribution is -0.536. The van der Waals surface area contributed by atoms with Gasteiger partial charge in [0.2, 0.25) is 0 Å². The molecule has 4 nitrogen and oxygen atoms in total. The number of rotatable bonds is 2. The van der Waals surface area contributed by atoms with Gasteiger partial charge in [-0.25, -0.2) is 0 Å². The normalized spacial score (nSPS) is 28.9. The molecule has 0 radical (unpaired) electrons. The molecule has 1 aliphatic carbocycles. The third-order valence-electron chi connectivity index (χ3n) is 13.4. The Morgan fingerprint density at radius 2 is 0.750 bits per heavy atom. The van der Waals surface area contributed by atoms with Gasteiger partial charge in [-0.2, -0.15) is 0 Å². The van der Waals surface area contributed by atoms with E-state index in [1.54, 1.807) is 0 Å². The highest BCUT2D eigenvalue weighted by Gasteiger charge is 2.54. The van der Waals surface area contributed by atoms with Crippen LogP contribution >= 0.6 is 0 Å². The van der Waals surface area contributed by atoms with E-state index in [0.717, 1.165) is 33.4 Å². The molecule has 0 N–H and O–H groups in total. The van der Waals surface area contributed by atoms with Crippen molar-refractivity contribution in [2.24, 2.45) is 0 Å². The average Bonchev–Trinajstić information content (AvgIpc) is 3.09. The van der Waals surface area contributed by atoms with Crippen molar-refractivity contribution in [3.05, 3.63) is 55.6 Å². The number of anilines is 2. The van der Waals surface area contributed by atoms with Gasteiger partial charge in [0.25, 0.3) is 0 Å². The van der Waals surface area contributed by atoms with Crippen molar-refractivity contribution in [1.29, 1.82) is 0 Å². The fraction of sp³-hybridized carbons (Fsp3) is 0.667. The Balaban J connectivity index is 1.66. The fourth-order valence-electron chi connectivity index (χ4n) is 9.03. The molecule has 40 heavy (non-hydrogen) atoms. The van der Waals surface area contributed by atoms with Crippen LogP contribution in [0.5, 0.6) is 0 Å². The maximum atomic E-state index is 14.4. The molecule has 0 unspecified atom stereocenters. The second-order valence-electron chi connectivity index (χ2n) is 15.5. The Kier molecular flexibility index (Phi) is 6.10. The minimum absolute atomic E-state index is 0.0737. The van der Waals surface area contributed by atoms with Crippen LogP contribution in [0.25, 0.3) is 0 Å². The predicted octanol–water partition coefficient (Wildman–Crippen LogP) is 5.89. The minimum Gasteiger partial charge on any atom is -0.851 e. The molecule has 2 aromatic rings. The van der Waals surface area contributed by atoms with Gasteiger partial charge in [0.1, 0.15) is 0 Å². The van der Waals surface area contributed by atoms with Gasteiger partial charge in [-0.05, 0) is 137 Å². The summed E-state index contributed by atoms with van der Waals surface area (Å²) in [5.74, 6) is -1.03. The van der Waals surface area contributed by atoms with Crippen molar-refractivity contribution in [2.45, 2.75) is 143 Å². The van der Waals surface area contributed by atoms with E-state index in [1.807, 2.05) is 0 Å². The second kappa shape index (κ2) is 8.28. The van der Waals surface area contributed by atoms with Crippen molar-refractivity contribution in [1.82, 2.24) is 0 Å². The van der Waals surface area contributed by atoms with Crippen molar-refractivity contribution in [3.8, 4) is 0 Å². The summed E-state index contributed by atoms with van der Waals surface area (Å²) in [6.45, 7) is 31.4. The van der Waals surface area contributed by atoms with E-state index in [0.29, 0.717) is 0 Å². The highest BCUT2D eigenvalue weighted by atomic mass is 16.3. The Labute approximate surface area is 243 Å². The van der Waals surface area contributed by atoms with Crippen molar-refractivity contribution >= 4 is 11.4 Å². The molecule has 0 amide bonds. The van der Waals surface area contributed by atoms with Gasteiger partial charge in [0.05, 0.1) is 0 Å². The SMILES string of the molecule is Cc1c(C)c2c(c(C)c1C1C([O-])C(c3c(C)c(C)c4c(c3C)C(C)(C)C(C)(C)N4C)C1[O-])C(C)(C)C(C)(C)N2C. The minimum atomic E-state index is -0.947. The standard InChI is InChI=1S/C36H52N2O2/c1-17-19(3)29-27(33(7,8)35(11,12)37(29)15)21(5)23(17)25-31(39)26(32(25)40)24-18(2)20(4)30-28(22(24)6)34(9,10)36(13,14)38(30)16/h25-26,31-32H,1-16H3/q-2. The zero-order valence-electron chi connectivity index (χ0n) is 28.0. The summed E-state index contributed by atoms with van der Waals surface area (Å²) in [5.41, 5.74) is 13.9. The number of benzene rings is 2. The van der Waals surface area contributed by atoms with Gasteiger partial charge >= 0.3 is 0 Å². The lowest BCUT2D eigenvalue weighted by atomic mass is 9.58. The molecular formula is C36H52N2O2-2. The van der Waals surface area contributed by atoms with Crippen LogP contribution in [-0.4, -0.2) is 37.4 Å². The van der Waals surface area contributed by atoms with Crippen molar-refractivity contribution in [3.63, 3.8) is 0 Å². The maximum absolute atomic E-state index is 14.4. The summed E-state index contributed by atoms with van der Waals surface area (Å²) in [4.78, 5) is 4.82. The molecule has 0 aromatic heterocycles. The zero-order chi connectivity index (χ0) is 30.4. The molecule has 2 aliphatic heterocycles. The Bertz CT molecular complexity index is 1330. The fourth-order valence-corrected chi connectivity index (χ4v) is 9.03. The first-order valence-electron chi connectivity index (χ1n) is 15.2. The third kappa shape index (κ3) is 3.05. The Hall–Kier alpha value is -2.04. The number of fused-ring (bicyclic) bond motifs is 2. The second-order valence-corrected chi connectivity index (χ2v) is 15.5. The number of hydrogen-bond acceptors (Lipinski definition) is 4. The quantitative estimate of drug-likeness (QED) is 0.473. The predicted molar refractivity (Wildman–Crippen MR) is 165 cm³/mol. The lowest BCUT2D eigenvalue weighted by Gasteiger charge is -2.63. The van der Waals surface area contributed by atoms with Gasteiger partial charge in [-0.3, -0.25) is 0 Å². The van der Waals surface area contributed by atoms with E-state index in [1.165, 1.54) is 33.6 Å². The smallest absolute Gasteiger partial charge is 0.0442 e. The average molecular weight is 545 g/mol. The molecule has 1 fully saturated rings. The van der Waals surface area contributed by atoms with Crippen LogP contribution in [0.1, 0.15) is 123 Å². The highest BCUT2D eigenvalue weighted by Crippen LogP contribution is 2.60. The summed E-state index contributed by atoms with van der Waals surface area (Å²) in [6.07, 6.45) is -1.89. The molecule has 3 aliphatic rings. The van der Waals surface area contributed by atoms with Gasteiger partial charge in [0.15, 0.2) is 0 Å². The van der Waals surface area contributed by atoms with E-state index < -0.39 is 24.0 Å². The summed E-state index contributed by atoms with van der Waals surface area (Å²) < 4.78 is 0. The molecule has 0 bridgehead atoms. The molecule has 5 rings (SSSR count).